The van der Waals surface area contributed by atoms with E-state index in [0.717, 1.165) is 26.5 Å². The van der Waals surface area contributed by atoms with E-state index in [1.165, 1.54) is 11.3 Å². The molecule has 0 saturated heterocycles. The second-order valence-electron chi connectivity index (χ2n) is 5.48. The smallest absolute Gasteiger partial charge is 0.233 e. The maximum absolute atomic E-state index is 12.7. The lowest BCUT2D eigenvalue weighted by Gasteiger charge is -2.17. The Kier molecular flexibility index (Phi) is 5.09. The fourth-order valence-electron chi connectivity index (χ4n) is 2.53. The number of benzene rings is 2. The lowest BCUT2D eigenvalue weighted by atomic mass is 10.1. The van der Waals surface area contributed by atoms with Crippen molar-refractivity contribution in [1.29, 1.82) is 0 Å². The zero-order valence-electron chi connectivity index (χ0n) is 13.3. The van der Waals surface area contributed by atoms with Crippen LogP contribution in [0, 0.1) is 6.92 Å². The van der Waals surface area contributed by atoms with Gasteiger partial charge in [0, 0.05) is 6.54 Å². The van der Waals surface area contributed by atoms with Gasteiger partial charge in [-0.2, -0.15) is 0 Å². The number of hydrogen-bond acceptors (Lipinski definition) is 3. The monoisotopic (exact) mass is 378 g/mol. The highest BCUT2D eigenvalue weighted by Crippen LogP contribution is 2.31. The van der Waals surface area contributed by atoms with Gasteiger partial charge in [0.2, 0.25) is 5.91 Å². The first-order valence-corrected chi connectivity index (χ1v) is 9.17. The minimum absolute atomic E-state index is 0.00685. The van der Waals surface area contributed by atoms with Crippen molar-refractivity contribution < 1.29 is 4.79 Å². The van der Waals surface area contributed by atoms with E-state index in [0.29, 0.717) is 16.6 Å². The highest BCUT2D eigenvalue weighted by atomic mass is 35.5. The second kappa shape index (κ2) is 7.09. The van der Waals surface area contributed by atoms with Crippen molar-refractivity contribution in [2.24, 2.45) is 0 Å². The summed E-state index contributed by atoms with van der Waals surface area (Å²) in [6.07, 6.45) is 0.264. The number of likely N-dealkylation sites (N-methyl/N-ethyl adjacent to an activating group) is 1. The Balaban J connectivity index is 1.87. The molecule has 0 unspecified atom stereocenters. The molecule has 0 aliphatic rings. The summed E-state index contributed by atoms with van der Waals surface area (Å²) in [5, 5.41) is 1.68. The number of para-hydroxylation sites is 1. The van der Waals surface area contributed by atoms with E-state index < -0.39 is 0 Å². The van der Waals surface area contributed by atoms with Crippen LogP contribution >= 0.6 is 34.5 Å². The molecule has 24 heavy (non-hydrogen) atoms. The van der Waals surface area contributed by atoms with E-state index in [4.69, 9.17) is 23.2 Å². The van der Waals surface area contributed by atoms with Crippen molar-refractivity contribution >= 4 is 55.8 Å². The Hall–Kier alpha value is -1.62. The lowest BCUT2D eigenvalue weighted by Crippen LogP contribution is -2.31. The molecule has 1 heterocycles. The molecule has 1 amide bonds. The maximum atomic E-state index is 12.7. The molecule has 0 spiro atoms. The predicted molar refractivity (Wildman–Crippen MR) is 103 cm³/mol. The number of anilines is 1. The molecule has 0 radical (unpaired) electrons. The van der Waals surface area contributed by atoms with Crippen LogP contribution in [0.2, 0.25) is 10.0 Å². The van der Waals surface area contributed by atoms with Crippen LogP contribution in [0.15, 0.2) is 36.4 Å². The van der Waals surface area contributed by atoms with E-state index in [-0.39, 0.29) is 12.3 Å². The number of aryl methyl sites for hydroxylation is 1. The maximum Gasteiger partial charge on any atom is 0.233 e. The lowest BCUT2D eigenvalue weighted by molar-refractivity contribution is -0.117. The minimum atomic E-state index is -0.00685. The van der Waals surface area contributed by atoms with Crippen molar-refractivity contribution in [3.8, 4) is 0 Å². The molecule has 6 heteroatoms. The molecule has 1 aromatic heterocycles. The highest BCUT2D eigenvalue weighted by Gasteiger charge is 2.19. The van der Waals surface area contributed by atoms with Crippen LogP contribution < -0.4 is 4.90 Å². The first kappa shape index (κ1) is 17.2. The average molecular weight is 379 g/mol. The van der Waals surface area contributed by atoms with Gasteiger partial charge < -0.3 is 0 Å². The zero-order valence-corrected chi connectivity index (χ0v) is 15.7. The molecule has 0 bridgehead atoms. The molecule has 0 aliphatic carbocycles. The number of aromatic nitrogens is 1. The molecular formula is C18H16Cl2N2OS. The SMILES string of the molecule is CCN(C(=O)Cc1ccc(Cl)c(Cl)c1)c1nc2c(C)cccc2s1. The van der Waals surface area contributed by atoms with Gasteiger partial charge >= 0.3 is 0 Å². The molecule has 0 saturated carbocycles. The van der Waals surface area contributed by atoms with Crippen LogP contribution in [0.1, 0.15) is 18.1 Å². The number of carbonyl (C=O) groups excluding carboxylic acids is 1. The molecule has 0 fully saturated rings. The Morgan fingerprint density at radius 2 is 2.00 bits per heavy atom. The summed E-state index contributed by atoms with van der Waals surface area (Å²) in [5.74, 6) is -0.00685. The van der Waals surface area contributed by atoms with Gasteiger partial charge in [-0.3, -0.25) is 9.69 Å². The second-order valence-corrected chi connectivity index (χ2v) is 7.30. The Morgan fingerprint density at radius 1 is 1.21 bits per heavy atom. The topological polar surface area (TPSA) is 33.2 Å². The molecule has 3 rings (SSSR count). The van der Waals surface area contributed by atoms with Gasteiger partial charge in [-0.1, -0.05) is 52.7 Å². The summed E-state index contributed by atoms with van der Waals surface area (Å²) in [6, 6.07) is 11.3. The summed E-state index contributed by atoms with van der Waals surface area (Å²) in [7, 11) is 0. The van der Waals surface area contributed by atoms with E-state index in [1.807, 2.05) is 38.1 Å². The van der Waals surface area contributed by atoms with Crippen LogP contribution in [0.25, 0.3) is 10.2 Å². The van der Waals surface area contributed by atoms with E-state index >= 15 is 0 Å². The Bertz CT molecular complexity index is 907. The molecule has 3 nitrogen and oxygen atoms in total. The van der Waals surface area contributed by atoms with Gasteiger partial charge in [-0.15, -0.1) is 0 Å². The normalized spacial score (nSPS) is 11.0. The van der Waals surface area contributed by atoms with Crippen molar-refractivity contribution in [2.45, 2.75) is 20.3 Å². The third-order valence-corrected chi connectivity index (χ3v) is 5.58. The van der Waals surface area contributed by atoms with Gasteiger partial charge in [0.05, 0.1) is 26.7 Å². The fourth-order valence-corrected chi connectivity index (χ4v) is 3.97. The van der Waals surface area contributed by atoms with Crippen LogP contribution in [0.3, 0.4) is 0 Å². The number of carbonyl (C=O) groups is 1. The van der Waals surface area contributed by atoms with Crippen LogP contribution in [-0.4, -0.2) is 17.4 Å². The van der Waals surface area contributed by atoms with E-state index in [9.17, 15) is 4.79 Å². The van der Waals surface area contributed by atoms with Crippen LogP contribution in [0.4, 0.5) is 5.13 Å². The van der Waals surface area contributed by atoms with Crippen molar-refractivity contribution in [3.63, 3.8) is 0 Å². The quantitative estimate of drug-likeness (QED) is 0.599. The number of halogens is 2. The van der Waals surface area contributed by atoms with Crippen molar-refractivity contribution in [3.05, 3.63) is 57.6 Å². The van der Waals surface area contributed by atoms with Gasteiger partial charge in [-0.05, 0) is 43.2 Å². The molecule has 3 aromatic rings. The van der Waals surface area contributed by atoms with Gasteiger partial charge in [-0.25, -0.2) is 4.98 Å². The molecular weight excluding hydrogens is 363 g/mol. The summed E-state index contributed by atoms with van der Waals surface area (Å²) in [6.45, 7) is 4.55. The highest BCUT2D eigenvalue weighted by molar-refractivity contribution is 7.22. The largest absolute Gasteiger partial charge is 0.288 e. The molecule has 0 N–H and O–H groups in total. The van der Waals surface area contributed by atoms with Crippen molar-refractivity contribution in [2.75, 3.05) is 11.4 Å². The molecule has 124 valence electrons. The van der Waals surface area contributed by atoms with E-state index in [1.54, 1.807) is 17.0 Å². The standard InChI is InChI=1S/C18H16Cl2N2OS/c1-3-22(16(23)10-12-7-8-13(19)14(20)9-12)18-21-17-11(2)5-4-6-15(17)24-18/h4-9H,3,10H2,1-2H3. The fraction of sp³-hybridized carbons (Fsp3) is 0.222. The number of amides is 1. The summed E-state index contributed by atoms with van der Waals surface area (Å²) in [5.41, 5.74) is 2.91. The van der Waals surface area contributed by atoms with Gasteiger partial charge in [0.15, 0.2) is 5.13 Å². The van der Waals surface area contributed by atoms with Crippen molar-refractivity contribution in [1.82, 2.24) is 4.98 Å². The minimum Gasteiger partial charge on any atom is -0.288 e. The molecule has 2 aromatic carbocycles. The summed E-state index contributed by atoms with van der Waals surface area (Å²) in [4.78, 5) is 19.1. The third-order valence-electron chi connectivity index (χ3n) is 3.80. The van der Waals surface area contributed by atoms with Crippen LogP contribution in [-0.2, 0) is 11.2 Å². The molecule has 0 aliphatic heterocycles. The molecule has 0 atom stereocenters. The Morgan fingerprint density at radius 3 is 2.67 bits per heavy atom. The number of fused-ring (bicyclic) bond motifs is 1. The van der Waals surface area contributed by atoms with Gasteiger partial charge in [0.1, 0.15) is 0 Å². The average Bonchev–Trinajstić information content (AvgIpc) is 2.97. The Labute approximate surface area is 154 Å². The van der Waals surface area contributed by atoms with Crippen LogP contribution in [0.5, 0.6) is 0 Å². The first-order valence-electron chi connectivity index (χ1n) is 7.60. The number of rotatable bonds is 4. The first-order chi connectivity index (χ1) is 11.5. The van der Waals surface area contributed by atoms with Gasteiger partial charge in [0.25, 0.3) is 0 Å². The zero-order chi connectivity index (χ0) is 17.3. The predicted octanol–water partition coefficient (Wildman–Crippen LogP) is 5.51. The summed E-state index contributed by atoms with van der Waals surface area (Å²) < 4.78 is 1.09. The number of nitrogens with zero attached hydrogens (tertiary/aromatic N) is 2. The van der Waals surface area contributed by atoms with E-state index in [2.05, 4.69) is 4.98 Å². The summed E-state index contributed by atoms with van der Waals surface area (Å²) >= 11 is 13.5. The third kappa shape index (κ3) is 3.41. The number of thiazole rings is 1. The number of hydrogen-bond donors (Lipinski definition) is 0.